The minimum Gasteiger partial charge on any atom is -0.245 e. The maximum atomic E-state index is 13.8. The lowest BCUT2D eigenvalue weighted by molar-refractivity contribution is 0.384. The van der Waals surface area contributed by atoms with Crippen LogP contribution in [0.25, 0.3) is 0 Å². The van der Waals surface area contributed by atoms with Gasteiger partial charge in [-0.25, -0.2) is 22.2 Å². The van der Waals surface area contributed by atoms with Gasteiger partial charge in [-0.05, 0) is 32.9 Å². The summed E-state index contributed by atoms with van der Waals surface area (Å²) in [5.74, 6) is -2.21. The van der Waals surface area contributed by atoms with E-state index >= 15 is 0 Å². The second kappa shape index (κ2) is 6.02. The van der Waals surface area contributed by atoms with Crippen LogP contribution in [-0.4, -0.2) is 24.8 Å². The van der Waals surface area contributed by atoms with Crippen LogP contribution in [0.5, 0.6) is 0 Å². The smallest absolute Gasteiger partial charge is 0.245 e. The van der Waals surface area contributed by atoms with Gasteiger partial charge in [-0.3, -0.25) is 0 Å². The molecule has 0 aliphatic heterocycles. The number of nitrogens with zero attached hydrogens (tertiary/aromatic N) is 2. The highest BCUT2D eigenvalue weighted by molar-refractivity contribution is 7.89. The Bertz CT molecular complexity index is 783. The molecule has 0 radical (unpaired) electrons. The molecular formula is C14H16F2N2O2S2. The van der Waals surface area contributed by atoms with E-state index in [0.29, 0.717) is 5.69 Å². The number of halogens is 2. The van der Waals surface area contributed by atoms with Gasteiger partial charge in [0.05, 0.1) is 16.7 Å². The van der Waals surface area contributed by atoms with Gasteiger partial charge in [0, 0.05) is 11.9 Å². The lowest BCUT2D eigenvalue weighted by Gasteiger charge is -2.24. The molecule has 0 N–H and O–H groups in total. The van der Waals surface area contributed by atoms with Crippen LogP contribution in [0, 0.1) is 25.5 Å². The van der Waals surface area contributed by atoms with Crippen molar-refractivity contribution in [2.45, 2.75) is 31.7 Å². The summed E-state index contributed by atoms with van der Waals surface area (Å²) in [6.07, 6.45) is 0. The number of aryl methyl sites for hydroxylation is 2. The quantitative estimate of drug-likeness (QED) is 0.852. The molecule has 0 amide bonds. The molecule has 0 bridgehead atoms. The van der Waals surface area contributed by atoms with E-state index < -0.39 is 32.6 Å². The normalized spacial score (nSPS) is 13.6. The molecule has 0 fully saturated rings. The van der Waals surface area contributed by atoms with Gasteiger partial charge in [-0.15, -0.1) is 11.3 Å². The Morgan fingerprint density at radius 3 is 2.23 bits per heavy atom. The van der Waals surface area contributed by atoms with E-state index in [2.05, 4.69) is 4.98 Å². The summed E-state index contributed by atoms with van der Waals surface area (Å²) in [5.41, 5.74) is 0.588. The average Bonchev–Trinajstić information content (AvgIpc) is 2.75. The number of aromatic nitrogens is 1. The van der Waals surface area contributed by atoms with Crippen LogP contribution in [0.15, 0.2) is 23.1 Å². The molecule has 0 spiro atoms. The Morgan fingerprint density at radius 1 is 1.23 bits per heavy atom. The largest absolute Gasteiger partial charge is 0.249 e. The van der Waals surface area contributed by atoms with E-state index in [1.807, 2.05) is 13.8 Å². The zero-order valence-corrected chi connectivity index (χ0v) is 14.2. The second-order valence-electron chi connectivity index (χ2n) is 4.92. The highest BCUT2D eigenvalue weighted by atomic mass is 32.2. The van der Waals surface area contributed by atoms with Crippen molar-refractivity contribution in [1.82, 2.24) is 9.29 Å². The molecule has 8 heteroatoms. The monoisotopic (exact) mass is 346 g/mol. The van der Waals surface area contributed by atoms with Gasteiger partial charge in [0.15, 0.2) is 4.90 Å². The molecule has 1 heterocycles. The highest BCUT2D eigenvalue weighted by Crippen LogP contribution is 2.31. The fraction of sp³-hybridized carbons (Fsp3) is 0.357. The van der Waals surface area contributed by atoms with Crippen molar-refractivity contribution < 1.29 is 17.2 Å². The van der Waals surface area contributed by atoms with Gasteiger partial charge in [-0.1, -0.05) is 6.07 Å². The SMILES string of the molecule is Cc1nc([C@@H](C)N(C)S(=O)(=O)c2c(F)cccc2F)c(C)s1. The molecule has 120 valence electrons. The Hall–Kier alpha value is -1.38. The van der Waals surface area contributed by atoms with Crippen molar-refractivity contribution in [3.63, 3.8) is 0 Å². The summed E-state index contributed by atoms with van der Waals surface area (Å²) in [6, 6.07) is 2.34. The Labute approximate surface area is 132 Å². The molecule has 2 aromatic rings. The first kappa shape index (κ1) is 17.0. The summed E-state index contributed by atoms with van der Waals surface area (Å²) < 4.78 is 53.6. The predicted octanol–water partition coefficient (Wildman–Crippen LogP) is 3.42. The summed E-state index contributed by atoms with van der Waals surface area (Å²) >= 11 is 1.45. The standard InChI is InChI=1S/C14H16F2N2O2S2/c1-8(13-9(2)21-10(3)17-13)18(4)22(19,20)14-11(15)6-5-7-12(14)16/h5-8H,1-4H3/t8-/m1/s1. The van der Waals surface area contributed by atoms with Gasteiger partial charge >= 0.3 is 0 Å². The zero-order valence-electron chi connectivity index (χ0n) is 12.6. The van der Waals surface area contributed by atoms with E-state index in [1.54, 1.807) is 6.92 Å². The molecular weight excluding hydrogens is 330 g/mol. The van der Waals surface area contributed by atoms with E-state index in [1.165, 1.54) is 18.4 Å². The van der Waals surface area contributed by atoms with E-state index in [9.17, 15) is 17.2 Å². The second-order valence-corrected chi connectivity index (χ2v) is 8.26. The van der Waals surface area contributed by atoms with Crippen molar-refractivity contribution in [3.8, 4) is 0 Å². The van der Waals surface area contributed by atoms with Gasteiger partial charge in [0.2, 0.25) is 10.0 Å². The molecule has 22 heavy (non-hydrogen) atoms. The molecule has 4 nitrogen and oxygen atoms in total. The van der Waals surface area contributed by atoms with Crippen LogP contribution in [-0.2, 0) is 10.0 Å². The third-order valence-corrected chi connectivity index (χ3v) is 6.32. The van der Waals surface area contributed by atoms with Gasteiger partial charge in [0.25, 0.3) is 0 Å². The maximum absolute atomic E-state index is 13.8. The summed E-state index contributed by atoms with van der Waals surface area (Å²) in [6.45, 7) is 5.29. The molecule has 0 saturated carbocycles. The number of hydrogen-bond acceptors (Lipinski definition) is 4. The van der Waals surface area contributed by atoms with Crippen LogP contribution in [0.2, 0.25) is 0 Å². The van der Waals surface area contributed by atoms with Crippen LogP contribution in [0.3, 0.4) is 0 Å². The third-order valence-electron chi connectivity index (χ3n) is 3.44. The Morgan fingerprint density at radius 2 is 1.77 bits per heavy atom. The van der Waals surface area contributed by atoms with Crippen LogP contribution < -0.4 is 0 Å². The first-order valence-electron chi connectivity index (χ1n) is 6.52. The molecule has 0 aliphatic rings. The summed E-state index contributed by atoms with van der Waals surface area (Å²) in [4.78, 5) is 4.25. The van der Waals surface area contributed by atoms with Crippen molar-refractivity contribution in [3.05, 3.63) is 45.4 Å². The first-order chi connectivity index (χ1) is 10.2. The molecule has 0 aliphatic carbocycles. The molecule has 0 unspecified atom stereocenters. The predicted molar refractivity (Wildman–Crippen MR) is 81.3 cm³/mol. The number of hydrogen-bond donors (Lipinski definition) is 0. The van der Waals surface area contributed by atoms with Crippen LogP contribution in [0.4, 0.5) is 8.78 Å². The van der Waals surface area contributed by atoms with Crippen molar-refractivity contribution >= 4 is 21.4 Å². The fourth-order valence-electron chi connectivity index (χ4n) is 2.19. The molecule has 1 atom stereocenters. The number of benzene rings is 1. The van der Waals surface area contributed by atoms with Crippen molar-refractivity contribution in [2.75, 3.05) is 7.05 Å². The van der Waals surface area contributed by atoms with Crippen LogP contribution >= 0.6 is 11.3 Å². The van der Waals surface area contributed by atoms with Crippen molar-refractivity contribution in [2.24, 2.45) is 0 Å². The van der Waals surface area contributed by atoms with E-state index in [-0.39, 0.29) is 0 Å². The highest BCUT2D eigenvalue weighted by Gasteiger charge is 2.33. The molecule has 0 saturated heterocycles. The Balaban J connectivity index is 2.47. The summed E-state index contributed by atoms with van der Waals surface area (Å²) in [5, 5.41) is 0.808. The minimum absolute atomic E-state index is 0.588. The van der Waals surface area contributed by atoms with E-state index in [4.69, 9.17) is 0 Å². The fourth-order valence-corrected chi connectivity index (χ4v) is 4.53. The number of thiazole rings is 1. The van der Waals surface area contributed by atoms with Crippen molar-refractivity contribution in [1.29, 1.82) is 0 Å². The summed E-state index contributed by atoms with van der Waals surface area (Å²) in [7, 11) is -3.02. The molecule has 1 aromatic carbocycles. The van der Waals surface area contributed by atoms with Gasteiger partial charge in [0.1, 0.15) is 11.6 Å². The molecule has 2 rings (SSSR count). The van der Waals surface area contributed by atoms with Gasteiger partial charge < -0.3 is 0 Å². The van der Waals surface area contributed by atoms with Crippen LogP contribution in [0.1, 0.15) is 28.5 Å². The average molecular weight is 346 g/mol. The lowest BCUT2D eigenvalue weighted by Crippen LogP contribution is -2.31. The topological polar surface area (TPSA) is 50.3 Å². The van der Waals surface area contributed by atoms with Gasteiger partial charge in [-0.2, -0.15) is 4.31 Å². The zero-order chi connectivity index (χ0) is 16.7. The minimum atomic E-state index is -4.31. The Kier molecular flexibility index (Phi) is 4.65. The van der Waals surface area contributed by atoms with E-state index in [0.717, 1.165) is 32.4 Å². The maximum Gasteiger partial charge on any atom is 0.249 e. The molecule has 1 aromatic heterocycles. The number of rotatable bonds is 4. The lowest BCUT2D eigenvalue weighted by atomic mass is 10.2. The third kappa shape index (κ3) is 2.90. The first-order valence-corrected chi connectivity index (χ1v) is 8.78. The number of sulfonamides is 1.